The van der Waals surface area contributed by atoms with E-state index in [-0.39, 0.29) is 17.1 Å². The normalized spacial score (nSPS) is 11.9. The van der Waals surface area contributed by atoms with Crippen LogP contribution < -0.4 is 20.7 Å². The Kier molecular flexibility index (Phi) is 10.2. The predicted molar refractivity (Wildman–Crippen MR) is 200 cm³/mol. The van der Waals surface area contributed by atoms with E-state index in [9.17, 15) is 8.42 Å². The predicted octanol–water partition coefficient (Wildman–Crippen LogP) is 7.46. The van der Waals surface area contributed by atoms with Gasteiger partial charge in [-0.3, -0.25) is 4.79 Å². The van der Waals surface area contributed by atoms with Crippen LogP contribution in [0.25, 0.3) is 0 Å². The first-order valence-corrected chi connectivity index (χ1v) is 19.0. The number of nitrogens with zero attached hydrogens (tertiary/aromatic N) is 1. The Labute approximate surface area is 286 Å². The van der Waals surface area contributed by atoms with Crippen molar-refractivity contribution in [2.24, 2.45) is 5.10 Å². The van der Waals surface area contributed by atoms with Crippen molar-refractivity contribution in [1.29, 1.82) is 0 Å². The Morgan fingerprint density at radius 3 is 1.44 bits per heavy atom. The highest BCUT2D eigenvalue weighted by Crippen LogP contribution is 2.48. The first-order valence-electron chi connectivity index (χ1n) is 15.3. The van der Waals surface area contributed by atoms with E-state index < -0.39 is 16.9 Å². The Morgan fingerprint density at radius 1 is 0.562 bits per heavy atom. The summed E-state index contributed by atoms with van der Waals surface area (Å²) in [6.07, 6.45) is 0.0408. The van der Waals surface area contributed by atoms with Gasteiger partial charge in [0.15, 0.2) is 5.78 Å². The van der Waals surface area contributed by atoms with E-state index >= 15 is 4.79 Å². The minimum atomic E-state index is -4.02. The van der Waals surface area contributed by atoms with Crippen molar-refractivity contribution in [3.8, 4) is 0 Å². The summed E-state index contributed by atoms with van der Waals surface area (Å²) < 4.78 is 26.8. The van der Waals surface area contributed by atoms with Crippen LogP contribution in [0, 0.1) is 0 Å². The van der Waals surface area contributed by atoms with Crippen LogP contribution in [0.2, 0.25) is 5.02 Å². The number of hydrogen-bond donors (Lipinski definition) is 1. The SMILES string of the molecule is O=C(C(C/C(=N/NS(=O)(=O)c1ccccc1)c1ccc(Cl)cc1)=P(c1ccccc1)(c1ccccc1)c1ccccc1)c1ccccc1. The number of halogens is 1. The molecule has 0 unspecified atom stereocenters. The van der Waals surface area contributed by atoms with Crippen molar-refractivity contribution in [2.45, 2.75) is 11.3 Å². The van der Waals surface area contributed by atoms with Crippen LogP contribution in [0.3, 0.4) is 0 Å². The molecule has 1 N–H and O–H groups in total. The third kappa shape index (κ3) is 6.97. The standard InChI is InChI=1S/C40H32ClN2O3PS/c41-33-28-26-31(27-29-33)38(42-43-48(45,46)37-24-14-5-15-25-37)30-39(40(44)32-16-6-1-7-17-32)47(34-18-8-2-9-19-34,35-20-10-3-11-21-35)36-22-12-4-13-23-36/h1-29,43H,30H2/b42-38-. The summed E-state index contributed by atoms with van der Waals surface area (Å²) in [5.74, 6) is -0.145. The molecule has 0 spiro atoms. The number of hydrogen-bond acceptors (Lipinski definition) is 4. The topological polar surface area (TPSA) is 75.6 Å². The number of ketones is 1. The van der Waals surface area contributed by atoms with Crippen LogP contribution in [0.15, 0.2) is 186 Å². The summed E-state index contributed by atoms with van der Waals surface area (Å²) in [6, 6.07) is 54.6. The van der Waals surface area contributed by atoms with Gasteiger partial charge in [-0.05, 0) is 52.6 Å². The number of carbonyl (C=O) groups is 1. The molecule has 0 atom stereocenters. The Morgan fingerprint density at radius 2 is 0.979 bits per heavy atom. The van der Waals surface area contributed by atoms with E-state index in [4.69, 9.17) is 11.6 Å². The van der Waals surface area contributed by atoms with E-state index in [0.717, 1.165) is 15.9 Å². The Balaban J connectivity index is 1.71. The fourth-order valence-electron chi connectivity index (χ4n) is 5.75. The molecule has 0 amide bonds. The van der Waals surface area contributed by atoms with Crippen molar-refractivity contribution in [3.63, 3.8) is 0 Å². The highest BCUT2D eigenvalue weighted by Gasteiger charge is 2.34. The molecular weight excluding hydrogens is 655 g/mol. The van der Waals surface area contributed by atoms with Crippen molar-refractivity contribution in [2.75, 3.05) is 0 Å². The third-order valence-electron chi connectivity index (χ3n) is 8.00. The fourth-order valence-corrected chi connectivity index (χ4v) is 11.2. The van der Waals surface area contributed by atoms with Gasteiger partial charge >= 0.3 is 0 Å². The molecule has 6 rings (SSSR count). The average molecular weight is 687 g/mol. The molecule has 0 saturated heterocycles. The van der Waals surface area contributed by atoms with Crippen LogP contribution in [-0.2, 0) is 10.0 Å². The average Bonchev–Trinajstić information content (AvgIpc) is 3.15. The zero-order valence-corrected chi connectivity index (χ0v) is 28.3. The third-order valence-corrected chi connectivity index (χ3v) is 13.9. The number of Topliss-reactive ketones (excluding diaryl/α,β-unsaturated/α-hetero) is 1. The summed E-state index contributed by atoms with van der Waals surface area (Å²) in [6.45, 7) is -2.91. The van der Waals surface area contributed by atoms with E-state index in [1.165, 1.54) is 12.1 Å². The van der Waals surface area contributed by atoms with Gasteiger partial charge in [0.25, 0.3) is 10.0 Å². The first kappa shape index (κ1) is 32.9. The minimum absolute atomic E-state index is 0.0408. The number of nitrogens with one attached hydrogen (secondary N) is 1. The number of rotatable bonds is 11. The van der Waals surface area contributed by atoms with Gasteiger partial charge in [-0.2, -0.15) is 18.4 Å². The van der Waals surface area contributed by atoms with Crippen LogP contribution >= 0.6 is 18.5 Å². The largest absolute Gasteiger partial charge is 0.289 e. The molecule has 238 valence electrons. The second-order valence-electron chi connectivity index (χ2n) is 11.0. The lowest BCUT2D eigenvalue weighted by atomic mass is 10.0. The van der Waals surface area contributed by atoms with Gasteiger partial charge in [0.2, 0.25) is 0 Å². The second kappa shape index (κ2) is 14.8. The monoisotopic (exact) mass is 686 g/mol. The van der Waals surface area contributed by atoms with E-state index in [2.05, 4.69) is 46.3 Å². The van der Waals surface area contributed by atoms with E-state index in [0.29, 0.717) is 27.2 Å². The molecule has 0 fully saturated rings. The van der Waals surface area contributed by atoms with Gasteiger partial charge < -0.3 is 0 Å². The molecule has 0 aromatic heterocycles. The van der Waals surface area contributed by atoms with Crippen LogP contribution in [0.4, 0.5) is 0 Å². The highest BCUT2D eigenvalue weighted by molar-refractivity contribution is 7.96. The van der Waals surface area contributed by atoms with Crippen LogP contribution in [0.1, 0.15) is 22.3 Å². The molecule has 0 aliphatic heterocycles. The zero-order chi connectivity index (χ0) is 33.4. The first-order chi connectivity index (χ1) is 23.4. The van der Waals surface area contributed by atoms with Crippen molar-refractivity contribution in [3.05, 3.63) is 192 Å². The van der Waals surface area contributed by atoms with Gasteiger partial charge in [-0.15, -0.1) is 0 Å². The van der Waals surface area contributed by atoms with Gasteiger partial charge in [0.1, 0.15) is 0 Å². The summed E-state index contributed by atoms with van der Waals surface area (Å²) in [5, 5.41) is 8.65. The minimum Gasteiger partial charge on any atom is -0.289 e. The van der Waals surface area contributed by atoms with Crippen LogP contribution in [0.5, 0.6) is 0 Å². The van der Waals surface area contributed by atoms with E-state index in [1.54, 1.807) is 42.5 Å². The molecule has 6 aromatic carbocycles. The van der Waals surface area contributed by atoms with Gasteiger partial charge in [0.05, 0.1) is 10.6 Å². The Bertz CT molecular complexity index is 2090. The lowest BCUT2D eigenvalue weighted by Gasteiger charge is -2.33. The molecule has 6 aromatic rings. The molecule has 0 radical (unpaired) electrons. The lowest BCUT2D eigenvalue weighted by Crippen LogP contribution is -2.35. The molecule has 8 heteroatoms. The number of benzene rings is 6. The Hall–Kier alpha value is -5.00. The molecule has 0 heterocycles. The molecule has 48 heavy (non-hydrogen) atoms. The molecule has 0 saturated carbocycles. The van der Waals surface area contributed by atoms with Gasteiger partial charge in [-0.1, -0.05) is 163 Å². The zero-order valence-electron chi connectivity index (χ0n) is 25.9. The van der Waals surface area contributed by atoms with Crippen molar-refractivity contribution in [1.82, 2.24) is 4.83 Å². The summed E-state index contributed by atoms with van der Waals surface area (Å²) in [4.78, 5) is 17.7. The second-order valence-corrected chi connectivity index (χ2v) is 16.5. The molecule has 5 nitrogen and oxygen atoms in total. The number of hydrazone groups is 1. The quantitative estimate of drug-likeness (QED) is 0.0666. The molecular formula is C40H32ClN2O3PS. The smallest absolute Gasteiger partial charge is 0.276 e. The van der Waals surface area contributed by atoms with Crippen LogP contribution in [-0.4, -0.2) is 25.2 Å². The maximum absolute atomic E-state index is 15.1. The maximum Gasteiger partial charge on any atom is 0.276 e. The van der Waals surface area contributed by atoms with Crippen molar-refractivity contribution < 1.29 is 13.2 Å². The summed E-state index contributed by atoms with van der Waals surface area (Å²) >= 11 is 6.29. The maximum atomic E-state index is 15.1. The van der Waals surface area contributed by atoms with E-state index in [1.807, 2.05) is 84.9 Å². The highest BCUT2D eigenvalue weighted by atomic mass is 35.5. The summed E-state index contributed by atoms with van der Waals surface area (Å²) in [7, 11) is -4.02. The number of carbonyl (C=O) groups excluding carboxylic acids is 1. The lowest BCUT2D eigenvalue weighted by molar-refractivity contribution is 0.106. The fraction of sp³-hybridized carbons (Fsp3) is 0.0250. The van der Waals surface area contributed by atoms with Gasteiger partial charge in [-0.25, -0.2) is 0 Å². The number of sulfonamides is 1. The molecule has 0 bridgehead atoms. The van der Waals surface area contributed by atoms with Crippen molar-refractivity contribution >= 4 is 61.2 Å². The van der Waals surface area contributed by atoms with Gasteiger partial charge in [0, 0.05) is 22.3 Å². The molecule has 0 aliphatic carbocycles. The molecule has 0 aliphatic rings. The summed E-state index contributed by atoms with van der Waals surface area (Å²) in [5.41, 5.74) is 1.53.